The molecule has 0 atom stereocenters. The van der Waals surface area contributed by atoms with Gasteiger partial charge in [0.15, 0.2) is 9.84 Å². The van der Waals surface area contributed by atoms with Crippen molar-refractivity contribution in [2.75, 3.05) is 12.0 Å². The normalized spacial score (nSPS) is 11.7. The number of aryl methyl sites for hydroxylation is 1. The van der Waals surface area contributed by atoms with Gasteiger partial charge in [-0.3, -0.25) is 4.68 Å². The summed E-state index contributed by atoms with van der Waals surface area (Å²) < 4.78 is 24.5. The maximum absolute atomic E-state index is 11.5. The van der Waals surface area contributed by atoms with Crippen LogP contribution in [-0.2, 0) is 16.9 Å². The van der Waals surface area contributed by atoms with Gasteiger partial charge in [0.2, 0.25) is 0 Å². The van der Waals surface area contributed by atoms with Crippen molar-refractivity contribution in [2.24, 2.45) is 7.05 Å². The van der Waals surface area contributed by atoms with Crippen molar-refractivity contribution in [1.82, 2.24) is 9.78 Å². The lowest BCUT2D eigenvalue weighted by atomic mass is 10.1. The maximum Gasteiger partial charge on any atom is 0.175 e. The zero-order valence-electron chi connectivity index (χ0n) is 9.88. The highest BCUT2D eigenvalue weighted by Crippen LogP contribution is 2.30. The van der Waals surface area contributed by atoms with E-state index in [1.54, 1.807) is 13.1 Å². The van der Waals surface area contributed by atoms with E-state index in [1.807, 2.05) is 0 Å². The summed E-state index contributed by atoms with van der Waals surface area (Å²) in [6.45, 7) is 0. The first-order valence-electron chi connectivity index (χ1n) is 5.08. The highest BCUT2D eigenvalue weighted by Gasteiger charge is 2.14. The average Bonchev–Trinajstić information content (AvgIpc) is 2.58. The molecule has 0 saturated carbocycles. The van der Waals surface area contributed by atoms with Crippen LogP contribution in [0.2, 0.25) is 5.02 Å². The van der Waals surface area contributed by atoms with Crippen LogP contribution in [0.3, 0.4) is 0 Å². The first-order valence-corrected chi connectivity index (χ1v) is 7.35. The van der Waals surface area contributed by atoms with Crippen molar-refractivity contribution >= 4 is 27.3 Å². The fraction of sp³-hybridized carbons (Fsp3) is 0.182. The summed E-state index contributed by atoms with van der Waals surface area (Å²) in [5.41, 5.74) is 6.79. The van der Waals surface area contributed by atoms with Crippen molar-refractivity contribution in [2.45, 2.75) is 4.90 Å². The molecule has 7 heteroatoms. The Hall–Kier alpha value is -1.53. The molecule has 2 N–H and O–H groups in total. The highest BCUT2D eigenvalue weighted by molar-refractivity contribution is 7.90. The predicted octanol–water partition coefficient (Wildman–Crippen LogP) is 1.73. The molecular weight excluding hydrogens is 274 g/mol. The number of halogens is 1. The number of nitrogens with two attached hydrogens (primary N) is 1. The first-order chi connectivity index (χ1) is 8.29. The van der Waals surface area contributed by atoms with Gasteiger partial charge in [-0.05, 0) is 18.2 Å². The standard InChI is InChI=1S/C11H12ClN3O2S/c1-15-11(13)6-10(14-15)8-5-7(18(2,16)17)3-4-9(8)12/h3-6H,13H2,1-2H3. The fourth-order valence-electron chi connectivity index (χ4n) is 1.54. The molecule has 1 aromatic carbocycles. The summed E-state index contributed by atoms with van der Waals surface area (Å²) in [7, 11) is -1.58. The van der Waals surface area contributed by atoms with E-state index < -0.39 is 9.84 Å². The summed E-state index contributed by atoms with van der Waals surface area (Å²) in [5.74, 6) is 0.478. The Morgan fingerprint density at radius 3 is 2.50 bits per heavy atom. The number of benzene rings is 1. The topological polar surface area (TPSA) is 78.0 Å². The summed E-state index contributed by atoms with van der Waals surface area (Å²) in [4.78, 5) is 0.200. The number of hydrogen-bond donors (Lipinski definition) is 1. The SMILES string of the molecule is Cn1nc(-c2cc(S(C)(=O)=O)ccc2Cl)cc1N. The molecule has 0 bridgehead atoms. The van der Waals surface area contributed by atoms with Gasteiger partial charge in [-0.2, -0.15) is 5.10 Å². The minimum absolute atomic E-state index is 0.200. The highest BCUT2D eigenvalue weighted by atomic mass is 35.5. The van der Waals surface area contributed by atoms with E-state index in [2.05, 4.69) is 5.10 Å². The van der Waals surface area contributed by atoms with E-state index in [0.717, 1.165) is 6.26 Å². The molecular formula is C11H12ClN3O2S. The molecule has 0 fully saturated rings. The van der Waals surface area contributed by atoms with E-state index >= 15 is 0 Å². The molecule has 0 amide bonds. The van der Waals surface area contributed by atoms with Crippen LogP contribution in [0, 0.1) is 0 Å². The molecule has 0 aliphatic heterocycles. The molecule has 0 aliphatic carbocycles. The number of rotatable bonds is 2. The number of nitrogens with zero attached hydrogens (tertiary/aromatic N) is 2. The van der Waals surface area contributed by atoms with E-state index in [1.165, 1.54) is 22.9 Å². The molecule has 5 nitrogen and oxygen atoms in total. The van der Waals surface area contributed by atoms with Gasteiger partial charge < -0.3 is 5.73 Å². The molecule has 18 heavy (non-hydrogen) atoms. The maximum atomic E-state index is 11.5. The Balaban J connectivity index is 2.64. The lowest BCUT2D eigenvalue weighted by Crippen LogP contribution is -1.98. The molecule has 0 radical (unpaired) electrons. The van der Waals surface area contributed by atoms with Gasteiger partial charge in [-0.25, -0.2) is 8.42 Å². The molecule has 0 unspecified atom stereocenters. The van der Waals surface area contributed by atoms with Crippen LogP contribution in [0.25, 0.3) is 11.3 Å². The van der Waals surface area contributed by atoms with Crippen LogP contribution in [0.4, 0.5) is 5.82 Å². The largest absolute Gasteiger partial charge is 0.384 e. The summed E-state index contributed by atoms with van der Waals surface area (Å²) in [6, 6.07) is 6.15. The summed E-state index contributed by atoms with van der Waals surface area (Å²) >= 11 is 6.06. The number of sulfone groups is 1. The van der Waals surface area contributed by atoms with E-state index in [-0.39, 0.29) is 4.90 Å². The first kappa shape index (κ1) is 12.9. The third kappa shape index (κ3) is 2.34. The third-order valence-corrected chi connectivity index (χ3v) is 4.00. The minimum Gasteiger partial charge on any atom is -0.384 e. The fourth-order valence-corrected chi connectivity index (χ4v) is 2.41. The minimum atomic E-state index is -3.28. The van der Waals surface area contributed by atoms with Crippen molar-refractivity contribution in [3.8, 4) is 11.3 Å². The van der Waals surface area contributed by atoms with Gasteiger partial charge in [0.1, 0.15) is 5.82 Å². The molecule has 1 aromatic heterocycles. The Morgan fingerprint density at radius 2 is 2.00 bits per heavy atom. The predicted molar refractivity (Wildman–Crippen MR) is 71.2 cm³/mol. The quantitative estimate of drug-likeness (QED) is 0.911. The number of nitrogen functional groups attached to an aromatic ring is 1. The van der Waals surface area contributed by atoms with Gasteiger partial charge in [0.05, 0.1) is 15.6 Å². The van der Waals surface area contributed by atoms with Crippen molar-refractivity contribution in [1.29, 1.82) is 0 Å². The second kappa shape index (κ2) is 4.29. The summed E-state index contributed by atoms with van der Waals surface area (Å²) in [5, 5.41) is 4.61. The molecule has 2 aromatic rings. The van der Waals surface area contributed by atoms with Crippen molar-refractivity contribution in [3.05, 3.63) is 29.3 Å². The molecule has 1 heterocycles. The van der Waals surface area contributed by atoms with Crippen molar-refractivity contribution < 1.29 is 8.42 Å². The van der Waals surface area contributed by atoms with Crippen LogP contribution >= 0.6 is 11.6 Å². The van der Waals surface area contributed by atoms with E-state index in [4.69, 9.17) is 17.3 Å². The van der Waals surface area contributed by atoms with Crippen molar-refractivity contribution in [3.63, 3.8) is 0 Å². The number of hydrogen-bond acceptors (Lipinski definition) is 4. The van der Waals surface area contributed by atoms with Crippen LogP contribution in [0.1, 0.15) is 0 Å². The number of aromatic nitrogens is 2. The van der Waals surface area contributed by atoms with Crippen LogP contribution < -0.4 is 5.73 Å². The van der Waals surface area contributed by atoms with E-state index in [9.17, 15) is 8.42 Å². The Bertz CT molecular complexity index is 688. The average molecular weight is 286 g/mol. The molecule has 96 valence electrons. The van der Waals surface area contributed by atoms with Gasteiger partial charge in [0, 0.05) is 24.9 Å². The van der Waals surface area contributed by atoms with Crippen LogP contribution in [-0.4, -0.2) is 24.5 Å². The molecule has 0 spiro atoms. The Kier molecular flexibility index (Phi) is 3.08. The van der Waals surface area contributed by atoms with Gasteiger partial charge >= 0.3 is 0 Å². The lowest BCUT2D eigenvalue weighted by Gasteiger charge is -2.04. The molecule has 0 saturated heterocycles. The van der Waals surface area contributed by atoms with Crippen LogP contribution in [0.15, 0.2) is 29.2 Å². The number of anilines is 1. The van der Waals surface area contributed by atoms with Gasteiger partial charge in [-0.15, -0.1) is 0 Å². The van der Waals surface area contributed by atoms with E-state index in [0.29, 0.717) is 22.1 Å². The molecule has 0 aliphatic rings. The third-order valence-electron chi connectivity index (χ3n) is 2.56. The smallest absolute Gasteiger partial charge is 0.175 e. The summed E-state index contributed by atoms with van der Waals surface area (Å²) in [6.07, 6.45) is 1.15. The van der Waals surface area contributed by atoms with Gasteiger partial charge in [-0.1, -0.05) is 11.6 Å². The van der Waals surface area contributed by atoms with Crippen LogP contribution in [0.5, 0.6) is 0 Å². The zero-order chi connectivity index (χ0) is 13.5. The second-order valence-corrected chi connectivity index (χ2v) is 6.41. The lowest BCUT2D eigenvalue weighted by molar-refractivity contribution is 0.602. The second-order valence-electron chi connectivity index (χ2n) is 3.99. The zero-order valence-corrected chi connectivity index (χ0v) is 11.5. The Morgan fingerprint density at radius 1 is 1.33 bits per heavy atom. The molecule has 2 rings (SSSR count). The van der Waals surface area contributed by atoms with Gasteiger partial charge in [0.25, 0.3) is 0 Å². The monoisotopic (exact) mass is 285 g/mol. The Labute approximate surface area is 110 Å².